The number of carbonyl (C=O) groups excluding carboxylic acids is 1. The molecule has 1 aromatic heterocycles. The molecule has 24 heavy (non-hydrogen) atoms. The molecule has 1 aliphatic carbocycles. The van der Waals surface area contributed by atoms with Crippen molar-refractivity contribution in [2.75, 3.05) is 0 Å². The maximum Gasteiger partial charge on any atom is 0.433 e. The average molecular weight is 325 g/mol. The summed E-state index contributed by atoms with van der Waals surface area (Å²) < 4.78 is 5.20. The average Bonchev–Trinajstić information content (AvgIpc) is 3.04. The number of benzene rings is 1. The first kappa shape index (κ1) is 15.7. The van der Waals surface area contributed by atoms with Gasteiger partial charge < -0.3 is 4.42 Å². The van der Waals surface area contributed by atoms with Crippen LogP contribution in [0.25, 0.3) is 6.08 Å². The van der Waals surface area contributed by atoms with Crippen LogP contribution in [0.2, 0.25) is 0 Å². The number of aryl methyl sites for hydroxylation is 1. The third-order valence-corrected chi connectivity index (χ3v) is 3.63. The fourth-order valence-electron chi connectivity index (χ4n) is 2.50. The zero-order chi connectivity index (χ0) is 16.9. The second-order valence-corrected chi connectivity index (χ2v) is 5.31. The topological polar surface area (TPSA) is 97.7 Å². The molecular formula is C17H15N3O4. The molecule has 0 saturated carbocycles. The van der Waals surface area contributed by atoms with E-state index in [1.165, 1.54) is 12.1 Å². The van der Waals surface area contributed by atoms with Crippen molar-refractivity contribution in [1.82, 2.24) is 5.43 Å². The second kappa shape index (κ2) is 6.91. The first-order chi connectivity index (χ1) is 11.6. The lowest BCUT2D eigenvalue weighted by Gasteiger charge is -2.11. The van der Waals surface area contributed by atoms with Crippen LogP contribution in [-0.4, -0.2) is 16.5 Å². The van der Waals surface area contributed by atoms with Crippen LogP contribution in [0.5, 0.6) is 0 Å². The first-order valence-electron chi connectivity index (χ1n) is 7.50. The predicted molar refractivity (Wildman–Crippen MR) is 88.5 cm³/mol. The molecule has 0 aliphatic heterocycles. The van der Waals surface area contributed by atoms with Gasteiger partial charge in [-0.15, -0.1) is 0 Å². The zero-order valence-electron chi connectivity index (χ0n) is 12.8. The molecule has 3 rings (SSSR count). The van der Waals surface area contributed by atoms with Gasteiger partial charge in [-0.05, 0) is 24.5 Å². The van der Waals surface area contributed by atoms with Gasteiger partial charge in [0.1, 0.15) is 10.7 Å². The summed E-state index contributed by atoms with van der Waals surface area (Å²) in [5.74, 6) is -0.123. The number of fused-ring (bicyclic) bond motifs is 1. The van der Waals surface area contributed by atoms with Crippen LogP contribution >= 0.6 is 0 Å². The molecule has 0 atom stereocenters. The van der Waals surface area contributed by atoms with Gasteiger partial charge in [0.25, 0.3) is 5.91 Å². The largest absolute Gasteiger partial charge is 0.433 e. The highest BCUT2D eigenvalue weighted by atomic mass is 16.6. The van der Waals surface area contributed by atoms with Crippen molar-refractivity contribution in [3.8, 4) is 0 Å². The number of hydrogen-bond donors (Lipinski definition) is 1. The normalized spacial score (nSPS) is 15.4. The van der Waals surface area contributed by atoms with Crippen LogP contribution in [0.15, 0.2) is 52.0 Å². The minimum atomic E-state index is -0.572. The maximum absolute atomic E-state index is 11.8. The van der Waals surface area contributed by atoms with E-state index in [1.54, 1.807) is 6.08 Å². The van der Waals surface area contributed by atoms with Gasteiger partial charge in [0.2, 0.25) is 0 Å². The van der Waals surface area contributed by atoms with E-state index in [4.69, 9.17) is 4.42 Å². The Bertz CT molecular complexity index is 822. The fraction of sp³-hybridized carbons (Fsp3) is 0.176. The summed E-state index contributed by atoms with van der Waals surface area (Å²) in [5, 5.41) is 14.9. The lowest BCUT2D eigenvalue weighted by molar-refractivity contribution is -0.402. The highest BCUT2D eigenvalue weighted by molar-refractivity contribution is 6.03. The fourth-order valence-corrected chi connectivity index (χ4v) is 2.50. The number of hydrogen-bond acceptors (Lipinski definition) is 5. The van der Waals surface area contributed by atoms with E-state index in [0.717, 1.165) is 12.0 Å². The van der Waals surface area contributed by atoms with Gasteiger partial charge in [0, 0.05) is 18.1 Å². The Balaban J connectivity index is 1.70. The first-order valence-corrected chi connectivity index (χ1v) is 7.50. The van der Waals surface area contributed by atoms with Gasteiger partial charge in [-0.2, -0.15) is 5.10 Å². The van der Waals surface area contributed by atoms with E-state index < -0.39 is 4.92 Å². The van der Waals surface area contributed by atoms with Crippen molar-refractivity contribution in [2.45, 2.75) is 19.3 Å². The van der Waals surface area contributed by atoms with Crippen LogP contribution in [0, 0.1) is 10.1 Å². The van der Waals surface area contributed by atoms with E-state index in [0.29, 0.717) is 29.9 Å². The van der Waals surface area contributed by atoms with Gasteiger partial charge in [-0.25, -0.2) is 5.43 Å². The molecule has 1 N–H and O–H groups in total. The minimum absolute atomic E-state index is 0.301. The summed E-state index contributed by atoms with van der Waals surface area (Å²) in [7, 11) is 0. The SMILES string of the molecule is O=C(/C=C/c1ccccc1)N/N=C1\CCCc2oc([N+](=O)[O-])cc21. The molecule has 0 saturated heterocycles. The maximum atomic E-state index is 11.8. The highest BCUT2D eigenvalue weighted by Gasteiger charge is 2.25. The lowest BCUT2D eigenvalue weighted by atomic mass is 9.97. The molecule has 0 fully saturated rings. The molecule has 1 aromatic carbocycles. The van der Waals surface area contributed by atoms with Crippen molar-refractivity contribution in [1.29, 1.82) is 0 Å². The third kappa shape index (κ3) is 3.57. The molecule has 1 amide bonds. The van der Waals surface area contributed by atoms with Crippen LogP contribution in [0.3, 0.4) is 0 Å². The summed E-state index contributed by atoms with van der Waals surface area (Å²) in [6.45, 7) is 0. The molecule has 0 radical (unpaired) electrons. The molecule has 0 spiro atoms. The number of amides is 1. The van der Waals surface area contributed by atoms with E-state index in [2.05, 4.69) is 10.5 Å². The van der Waals surface area contributed by atoms with Crippen LogP contribution < -0.4 is 5.43 Å². The van der Waals surface area contributed by atoms with Crippen molar-refractivity contribution >= 4 is 23.6 Å². The number of nitrogens with one attached hydrogen (secondary N) is 1. The summed E-state index contributed by atoms with van der Waals surface area (Å²) in [4.78, 5) is 22.1. The van der Waals surface area contributed by atoms with Gasteiger partial charge in [-0.1, -0.05) is 30.3 Å². The van der Waals surface area contributed by atoms with Gasteiger partial charge in [-0.3, -0.25) is 14.9 Å². The monoisotopic (exact) mass is 325 g/mol. The number of nitrogens with zero attached hydrogens (tertiary/aromatic N) is 2. The van der Waals surface area contributed by atoms with Crippen molar-refractivity contribution in [3.05, 3.63) is 69.5 Å². The van der Waals surface area contributed by atoms with E-state index in [-0.39, 0.29) is 11.8 Å². The molecule has 122 valence electrons. The molecule has 7 heteroatoms. The number of hydrazone groups is 1. The molecule has 2 aromatic rings. The van der Waals surface area contributed by atoms with E-state index in [9.17, 15) is 14.9 Å². The Morgan fingerprint density at radius 1 is 1.29 bits per heavy atom. The Hall–Kier alpha value is -3.22. The van der Waals surface area contributed by atoms with Gasteiger partial charge >= 0.3 is 5.88 Å². The predicted octanol–water partition coefficient (Wildman–Crippen LogP) is 3.06. The zero-order valence-corrected chi connectivity index (χ0v) is 12.8. The van der Waals surface area contributed by atoms with Crippen molar-refractivity contribution in [2.24, 2.45) is 5.10 Å². The molecule has 7 nitrogen and oxygen atoms in total. The number of furan rings is 1. The molecule has 1 heterocycles. The van der Waals surface area contributed by atoms with Gasteiger partial charge in [0.15, 0.2) is 0 Å². The summed E-state index contributed by atoms with van der Waals surface area (Å²) in [5.41, 5.74) is 4.55. The molecule has 0 bridgehead atoms. The third-order valence-electron chi connectivity index (χ3n) is 3.63. The van der Waals surface area contributed by atoms with Gasteiger partial charge in [0.05, 0.1) is 11.8 Å². The Morgan fingerprint density at radius 2 is 2.08 bits per heavy atom. The van der Waals surface area contributed by atoms with Crippen LogP contribution in [0.4, 0.5) is 5.88 Å². The highest BCUT2D eigenvalue weighted by Crippen LogP contribution is 2.28. The molecule has 1 aliphatic rings. The number of carbonyl (C=O) groups is 1. The minimum Gasteiger partial charge on any atom is -0.405 e. The quantitative estimate of drug-likeness (QED) is 0.530. The summed E-state index contributed by atoms with van der Waals surface area (Å²) >= 11 is 0. The Kier molecular flexibility index (Phi) is 4.51. The lowest BCUT2D eigenvalue weighted by Crippen LogP contribution is -2.19. The Morgan fingerprint density at radius 3 is 2.83 bits per heavy atom. The summed E-state index contributed by atoms with van der Waals surface area (Å²) in [6.07, 6.45) is 5.11. The number of rotatable bonds is 4. The standard InChI is InChI=1S/C17H15N3O4/c21-16(10-9-12-5-2-1-3-6-12)19-18-14-7-4-8-15-13(14)11-17(24-15)20(22)23/h1-3,5-6,9-11H,4,7-8H2,(H,19,21)/b10-9+,18-14+. The van der Waals surface area contributed by atoms with E-state index >= 15 is 0 Å². The van der Waals surface area contributed by atoms with Crippen molar-refractivity contribution < 1.29 is 14.1 Å². The smallest absolute Gasteiger partial charge is 0.405 e. The van der Waals surface area contributed by atoms with Crippen molar-refractivity contribution in [3.63, 3.8) is 0 Å². The van der Waals surface area contributed by atoms with Crippen LogP contribution in [-0.2, 0) is 11.2 Å². The second-order valence-electron chi connectivity index (χ2n) is 5.31. The Labute approximate surface area is 137 Å². The van der Waals surface area contributed by atoms with E-state index in [1.807, 2.05) is 30.3 Å². The molecular weight excluding hydrogens is 310 g/mol. The number of nitro groups is 1. The summed E-state index contributed by atoms with van der Waals surface area (Å²) in [6, 6.07) is 10.8. The van der Waals surface area contributed by atoms with Crippen LogP contribution in [0.1, 0.15) is 29.7 Å². The molecule has 0 unspecified atom stereocenters.